The number of hydrogen-bond donors (Lipinski definition) is 1. The zero-order valence-electron chi connectivity index (χ0n) is 21.0. The second kappa shape index (κ2) is 10.1. The molecular weight excluding hydrogens is 473 g/mol. The van der Waals surface area contributed by atoms with Gasteiger partial charge in [0.2, 0.25) is 5.91 Å². The zero-order chi connectivity index (χ0) is 24.7. The van der Waals surface area contributed by atoms with Crippen molar-refractivity contribution >= 4 is 17.5 Å². The van der Waals surface area contributed by atoms with Gasteiger partial charge >= 0.3 is 0 Å². The summed E-state index contributed by atoms with van der Waals surface area (Å²) in [4.78, 5) is 21.1. The van der Waals surface area contributed by atoms with E-state index in [-0.39, 0.29) is 17.9 Å². The molecule has 1 aromatic carbocycles. The molecule has 2 aliphatic carbocycles. The maximum atomic E-state index is 14.9. The number of carbonyl (C=O) groups is 1. The van der Waals surface area contributed by atoms with E-state index >= 15 is 0 Å². The molecule has 5 unspecified atom stereocenters. The van der Waals surface area contributed by atoms with Gasteiger partial charge < -0.3 is 10.2 Å². The molecule has 4 nitrogen and oxygen atoms in total. The van der Waals surface area contributed by atoms with Crippen molar-refractivity contribution in [2.75, 3.05) is 19.6 Å². The summed E-state index contributed by atoms with van der Waals surface area (Å²) in [6, 6.07) is 14.8. The molecule has 6 heteroatoms. The highest BCUT2D eigenvalue weighted by Gasteiger charge is 2.54. The van der Waals surface area contributed by atoms with Gasteiger partial charge in [-0.3, -0.25) is 4.79 Å². The quantitative estimate of drug-likeness (QED) is 0.490. The molecule has 5 atom stereocenters. The monoisotopic (exact) mass is 509 g/mol. The summed E-state index contributed by atoms with van der Waals surface area (Å²) in [5, 5.41) is 3.84. The Morgan fingerprint density at radius 2 is 1.86 bits per heavy atom. The van der Waals surface area contributed by atoms with Crippen molar-refractivity contribution in [2.45, 2.75) is 81.3 Å². The van der Waals surface area contributed by atoms with Crippen LogP contribution >= 0.6 is 11.6 Å². The SMILES string of the molecule is O=C(C1CNCC12CCC(F)c1nc(Cl)ccc12)N1CCC(c2ccccc2)CC1C1CCCCC1. The molecule has 6 rings (SSSR count). The molecule has 1 aromatic heterocycles. The van der Waals surface area contributed by atoms with E-state index in [0.29, 0.717) is 48.6 Å². The van der Waals surface area contributed by atoms with Crippen molar-refractivity contribution in [3.05, 3.63) is 64.4 Å². The minimum absolute atomic E-state index is 0.189. The predicted molar refractivity (Wildman–Crippen MR) is 141 cm³/mol. The molecule has 1 N–H and O–H groups in total. The van der Waals surface area contributed by atoms with E-state index in [2.05, 4.69) is 45.5 Å². The Kier molecular flexibility index (Phi) is 6.81. The molecule has 2 aromatic rings. The average Bonchev–Trinajstić information content (AvgIpc) is 3.35. The number of halogens is 2. The largest absolute Gasteiger partial charge is 0.339 e. The Balaban J connectivity index is 1.31. The molecule has 0 radical (unpaired) electrons. The van der Waals surface area contributed by atoms with Gasteiger partial charge in [0.15, 0.2) is 0 Å². The predicted octanol–water partition coefficient (Wildman–Crippen LogP) is 6.35. The molecule has 2 aliphatic heterocycles. The first-order valence-electron chi connectivity index (χ1n) is 13.9. The van der Waals surface area contributed by atoms with Crippen molar-refractivity contribution in [3.8, 4) is 0 Å². The Bertz CT molecular complexity index is 1090. The lowest BCUT2D eigenvalue weighted by Gasteiger charge is -2.48. The molecule has 3 fully saturated rings. The average molecular weight is 510 g/mol. The van der Waals surface area contributed by atoms with Gasteiger partial charge in [0.05, 0.1) is 11.6 Å². The van der Waals surface area contributed by atoms with Crippen LogP contribution in [0.4, 0.5) is 4.39 Å². The van der Waals surface area contributed by atoms with Crippen LogP contribution in [0.1, 0.15) is 86.7 Å². The number of pyridine rings is 1. The summed E-state index contributed by atoms with van der Waals surface area (Å²) in [6.07, 6.45) is 8.30. The number of amides is 1. The minimum Gasteiger partial charge on any atom is -0.339 e. The number of aromatic nitrogens is 1. The molecule has 192 valence electrons. The van der Waals surface area contributed by atoms with Crippen molar-refractivity contribution < 1.29 is 9.18 Å². The van der Waals surface area contributed by atoms with Gasteiger partial charge in [-0.25, -0.2) is 9.37 Å². The molecule has 36 heavy (non-hydrogen) atoms. The number of alkyl halides is 1. The van der Waals surface area contributed by atoms with E-state index in [1.165, 1.54) is 37.7 Å². The van der Waals surface area contributed by atoms with Crippen LogP contribution in [0.3, 0.4) is 0 Å². The number of piperidine rings is 1. The topological polar surface area (TPSA) is 45.2 Å². The van der Waals surface area contributed by atoms with Gasteiger partial charge in [-0.05, 0) is 67.6 Å². The second-order valence-corrected chi connectivity index (χ2v) is 11.9. The number of rotatable bonds is 3. The van der Waals surface area contributed by atoms with Gasteiger partial charge in [0.1, 0.15) is 11.3 Å². The number of likely N-dealkylation sites (tertiary alicyclic amines) is 1. The Hall–Kier alpha value is -1.98. The molecule has 1 saturated carbocycles. The maximum Gasteiger partial charge on any atom is 0.228 e. The molecule has 1 amide bonds. The third kappa shape index (κ3) is 4.26. The van der Waals surface area contributed by atoms with Gasteiger partial charge in [0, 0.05) is 31.1 Å². The lowest BCUT2D eigenvalue weighted by molar-refractivity contribution is -0.143. The van der Waals surface area contributed by atoms with Gasteiger partial charge in [-0.15, -0.1) is 0 Å². The lowest BCUT2D eigenvalue weighted by atomic mass is 9.64. The van der Waals surface area contributed by atoms with Crippen LogP contribution in [0, 0.1) is 11.8 Å². The fraction of sp³-hybridized carbons (Fsp3) is 0.600. The van der Waals surface area contributed by atoms with Crippen LogP contribution in [0.2, 0.25) is 5.15 Å². The number of nitrogens with one attached hydrogen (secondary N) is 1. The minimum atomic E-state index is -1.11. The lowest BCUT2D eigenvalue weighted by Crippen LogP contribution is -2.55. The van der Waals surface area contributed by atoms with E-state index in [9.17, 15) is 9.18 Å². The van der Waals surface area contributed by atoms with E-state index in [1.807, 2.05) is 6.07 Å². The van der Waals surface area contributed by atoms with Crippen LogP contribution in [0.5, 0.6) is 0 Å². The third-order valence-electron chi connectivity index (χ3n) is 9.71. The summed E-state index contributed by atoms with van der Waals surface area (Å²) >= 11 is 6.16. The summed E-state index contributed by atoms with van der Waals surface area (Å²) in [7, 11) is 0. The van der Waals surface area contributed by atoms with Crippen molar-refractivity contribution in [1.29, 1.82) is 0 Å². The van der Waals surface area contributed by atoms with E-state index in [0.717, 1.165) is 24.9 Å². The Morgan fingerprint density at radius 3 is 2.67 bits per heavy atom. The Labute approximate surface area is 219 Å². The molecular formula is C30H37ClFN3O. The standard InChI is InChI=1S/C30H37ClFN3O/c31-27-12-11-23-28(34-27)25(32)13-15-30(23)19-33-18-24(30)29(36)35-16-14-22(20-7-3-1-4-8-20)17-26(35)21-9-5-2-6-10-21/h1,3-4,7-8,11-12,21-22,24-26,33H,2,5-6,9-10,13-19H2. The van der Waals surface area contributed by atoms with E-state index < -0.39 is 11.6 Å². The van der Waals surface area contributed by atoms with Crippen LogP contribution in [0.15, 0.2) is 42.5 Å². The molecule has 2 saturated heterocycles. The highest BCUT2D eigenvalue weighted by atomic mass is 35.5. The highest BCUT2D eigenvalue weighted by Crippen LogP contribution is 2.50. The van der Waals surface area contributed by atoms with Gasteiger partial charge in [0.25, 0.3) is 0 Å². The first kappa shape index (κ1) is 24.4. The van der Waals surface area contributed by atoms with Crippen LogP contribution in [-0.4, -0.2) is 41.5 Å². The highest BCUT2D eigenvalue weighted by molar-refractivity contribution is 6.29. The normalized spacial score (nSPS) is 33.0. The second-order valence-electron chi connectivity index (χ2n) is 11.5. The van der Waals surface area contributed by atoms with Crippen molar-refractivity contribution in [3.63, 3.8) is 0 Å². The van der Waals surface area contributed by atoms with E-state index in [4.69, 9.17) is 11.6 Å². The van der Waals surface area contributed by atoms with Crippen LogP contribution in [-0.2, 0) is 10.2 Å². The first-order valence-corrected chi connectivity index (χ1v) is 14.3. The van der Waals surface area contributed by atoms with E-state index in [1.54, 1.807) is 6.07 Å². The van der Waals surface area contributed by atoms with Crippen molar-refractivity contribution in [2.24, 2.45) is 11.8 Å². The van der Waals surface area contributed by atoms with Crippen LogP contribution < -0.4 is 5.32 Å². The first-order chi connectivity index (χ1) is 17.6. The zero-order valence-corrected chi connectivity index (χ0v) is 21.7. The maximum absolute atomic E-state index is 14.9. The summed E-state index contributed by atoms with van der Waals surface area (Å²) in [6.45, 7) is 2.15. The third-order valence-corrected chi connectivity index (χ3v) is 9.93. The van der Waals surface area contributed by atoms with Gasteiger partial charge in [-0.2, -0.15) is 0 Å². The molecule has 1 spiro atoms. The number of nitrogens with zero attached hydrogens (tertiary/aromatic N) is 2. The Morgan fingerprint density at radius 1 is 1.06 bits per heavy atom. The number of benzene rings is 1. The fourth-order valence-electron chi connectivity index (χ4n) is 7.86. The number of carbonyl (C=O) groups excluding carboxylic acids is 1. The van der Waals surface area contributed by atoms with Gasteiger partial charge in [-0.1, -0.05) is 67.3 Å². The van der Waals surface area contributed by atoms with Crippen LogP contribution in [0.25, 0.3) is 0 Å². The summed E-state index contributed by atoms with van der Waals surface area (Å²) < 4.78 is 14.9. The summed E-state index contributed by atoms with van der Waals surface area (Å²) in [5.74, 6) is 1.16. The molecule has 0 bridgehead atoms. The van der Waals surface area contributed by atoms with Crippen molar-refractivity contribution in [1.82, 2.24) is 15.2 Å². The number of hydrogen-bond acceptors (Lipinski definition) is 3. The molecule has 3 heterocycles. The fourth-order valence-corrected chi connectivity index (χ4v) is 8.01. The number of fused-ring (bicyclic) bond motifs is 2. The molecule has 4 aliphatic rings. The smallest absolute Gasteiger partial charge is 0.228 e. The summed E-state index contributed by atoms with van der Waals surface area (Å²) in [5.41, 5.74) is 2.34.